The highest BCUT2D eigenvalue weighted by molar-refractivity contribution is 5.15. The standard InChI is InChI=1S/C34H44O9/c1-33(37-3)34(2,38-4)43-32(30(36)28(20-35)40-22-26-16-10-6-11-17-26)31(42-33)29(41-23-27-18-12-7-13-19-27)24-39-21-25-14-8-5-9-15-25/h5-19,28-32,35-36H,20-24H2,1-4H3/t28-,29+,30-,31+,32+,33?,34?/m1/s1. The molecular weight excluding hydrogens is 552 g/mol. The van der Waals surface area contributed by atoms with Crippen LogP contribution in [-0.4, -0.2) is 79.7 Å². The minimum atomic E-state index is -1.42. The lowest BCUT2D eigenvalue weighted by molar-refractivity contribution is -0.463. The van der Waals surface area contributed by atoms with E-state index in [-0.39, 0.29) is 19.8 Å². The van der Waals surface area contributed by atoms with Crippen molar-refractivity contribution < 1.29 is 43.4 Å². The van der Waals surface area contributed by atoms with E-state index in [0.717, 1.165) is 16.7 Å². The first-order chi connectivity index (χ1) is 20.8. The van der Waals surface area contributed by atoms with Gasteiger partial charge in [-0.3, -0.25) is 0 Å². The molecule has 1 aliphatic heterocycles. The van der Waals surface area contributed by atoms with E-state index in [4.69, 9.17) is 33.2 Å². The molecule has 1 saturated heterocycles. The van der Waals surface area contributed by atoms with Crippen molar-refractivity contribution in [1.29, 1.82) is 0 Å². The lowest BCUT2D eigenvalue weighted by Gasteiger charge is -2.54. The van der Waals surface area contributed by atoms with Crippen LogP contribution < -0.4 is 0 Å². The molecule has 234 valence electrons. The van der Waals surface area contributed by atoms with Gasteiger partial charge in [0.1, 0.15) is 30.5 Å². The van der Waals surface area contributed by atoms with Crippen molar-refractivity contribution in [1.82, 2.24) is 0 Å². The molecule has 1 aliphatic rings. The van der Waals surface area contributed by atoms with E-state index in [1.165, 1.54) is 14.2 Å². The number of aliphatic hydroxyl groups excluding tert-OH is 2. The lowest BCUT2D eigenvalue weighted by atomic mass is 9.94. The van der Waals surface area contributed by atoms with Gasteiger partial charge in [-0.05, 0) is 30.5 Å². The Morgan fingerprint density at radius 1 is 0.674 bits per heavy atom. The fourth-order valence-corrected chi connectivity index (χ4v) is 5.02. The van der Waals surface area contributed by atoms with Gasteiger partial charge in [0.15, 0.2) is 0 Å². The summed E-state index contributed by atoms with van der Waals surface area (Å²) in [4.78, 5) is 0. The van der Waals surface area contributed by atoms with Gasteiger partial charge in [0.05, 0.1) is 33.0 Å². The second-order valence-corrected chi connectivity index (χ2v) is 10.8. The van der Waals surface area contributed by atoms with Crippen LogP contribution in [0.15, 0.2) is 91.0 Å². The van der Waals surface area contributed by atoms with Crippen LogP contribution in [-0.2, 0) is 53.0 Å². The summed E-state index contributed by atoms with van der Waals surface area (Å²) in [6, 6.07) is 29.1. The molecule has 0 aromatic heterocycles. The molecule has 9 nitrogen and oxygen atoms in total. The van der Waals surface area contributed by atoms with Crippen LogP contribution in [0.25, 0.3) is 0 Å². The van der Waals surface area contributed by atoms with Crippen LogP contribution in [0.4, 0.5) is 0 Å². The zero-order valence-corrected chi connectivity index (χ0v) is 25.3. The summed E-state index contributed by atoms with van der Waals surface area (Å²) in [6.07, 6.45) is -5.00. The van der Waals surface area contributed by atoms with Gasteiger partial charge in [-0.25, -0.2) is 0 Å². The van der Waals surface area contributed by atoms with E-state index in [0.29, 0.717) is 6.61 Å². The molecule has 1 heterocycles. The van der Waals surface area contributed by atoms with E-state index in [1.54, 1.807) is 13.8 Å². The maximum atomic E-state index is 11.7. The molecule has 0 spiro atoms. The number of hydrogen-bond donors (Lipinski definition) is 2. The summed E-state index contributed by atoms with van der Waals surface area (Å²) in [5.41, 5.74) is 2.86. The summed E-state index contributed by atoms with van der Waals surface area (Å²) in [6.45, 7) is 3.86. The Hall–Kier alpha value is -2.70. The van der Waals surface area contributed by atoms with Crippen LogP contribution in [0.2, 0.25) is 0 Å². The highest BCUT2D eigenvalue weighted by atomic mass is 16.8. The van der Waals surface area contributed by atoms with Crippen molar-refractivity contribution >= 4 is 0 Å². The zero-order chi connectivity index (χ0) is 30.7. The molecule has 9 heteroatoms. The summed E-state index contributed by atoms with van der Waals surface area (Å²) in [5, 5.41) is 22.0. The normalized spacial score (nSPS) is 26.1. The third-order valence-electron chi connectivity index (χ3n) is 7.92. The number of hydrogen-bond acceptors (Lipinski definition) is 9. The molecule has 0 saturated carbocycles. The molecule has 0 aliphatic carbocycles. The van der Waals surface area contributed by atoms with E-state index in [9.17, 15) is 10.2 Å². The fourth-order valence-electron chi connectivity index (χ4n) is 5.02. The maximum absolute atomic E-state index is 11.7. The first-order valence-corrected chi connectivity index (χ1v) is 14.5. The monoisotopic (exact) mass is 596 g/mol. The van der Waals surface area contributed by atoms with Crippen LogP contribution >= 0.6 is 0 Å². The van der Waals surface area contributed by atoms with Gasteiger partial charge >= 0.3 is 0 Å². The van der Waals surface area contributed by atoms with Gasteiger partial charge in [0, 0.05) is 14.2 Å². The molecule has 3 aromatic carbocycles. The summed E-state index contributed by atoms with van der Waals surface area (Å²) < 4.78 is 43.2. The number of rotatable bonds is 16. The lowest BCUT2D eigenvalue weighted by Crippen LogP contribution is -2.70. The molecule has 0 radical (unpaired) electrons. The summed E-state index contributed by atoms with van der Waals surface area (Å²) in [7, 11) is 2.98. The Morgan fingerprint density at radius 2 is 1.12 bits per heavy atom. The van der Waals surface area contributed by atoms with E-state index in [2.05, 4.69) is 0 Å². The predicted molar refractivity (Wildman–Crippen MR) is 160 cm³/mol. The Labute approximate surface area is 254 Å². The van der Waals surface area contributed by atoms with Gasteiger partial charge in [-0.1, -0.05) is 91.0 Å². The molecule has 0 bridgehead atoms. The molecule has 2 N–H and O–H groups in total. The molecule has 7 atom stereocenters. The first kappa shape index (κ1) is 33.2. The summed E-state index contributed by atoms with van der Waals surface area (Å²) >= 11 is 0. The number of methoxy groups -OCH3 is 2. The van der Waals surface area contributed by atoms with Crippen LogP contribution in [0, 0.1) is 0 Å². The van der Waals surface area contributed by atoms with Crippen molar-refractivity contribution in [2.45, 2.75) is 75.8 Å². The highest BCUT2D eigenvalue weighted by Gasteiger charge is 2.60. The topological polar surface area (TPSA) is 105 Å². The van der Waals surface area contributed by atoms with Gasteiger partial charge in [0.25, 0.3) is 0 Å². The van der Waals surface area contributed by atoms with Gasteiger partial charge in [0.2, 0.25) is 11.6 Å². The van der Waals surface area contributed by atoms with Crippen molar-refractivity contribution in [3.8, 4) is 0 Å². The smallest absolute Gasteiger partial charge is 0.220 e. The van der Waals surface area contributed by atoms with Crippen LogP contribution in [0.3, 0.4) is 0 Å². The fraction of sp³-hybridized carbons (Fsp3) is 0.471. The average Bonchev–Trinajstić information content (AvgIpc) is 3.05. The quantitative estimate of drug-likeness (QED) is 0.251. The minimum Gasteiger partial charge on any atom is -0.394 e. The molecule has 0 amide bonds. The van der Waals surface area contributed by atoms with Crippen molar-refractivity contribution in [2.24, 2.45) is 0 Å². The van der Waals surface area contributed by atoms with Crippen LogP contribution in [0.1, 0.15) is 30.5 Å². The van der Waals surface area contributed by atoms with Crippen LogP contribution in [0.5, 0.6) is 0 Å². The minimum absolute atomic E-state index is 0.122. The Bertz CT molecular complexity index is 1200. The number of ether oxygens (including phenoxy) is 7. The van der Waals surface area contributed by atoms with Crippen molar-refractivity contribution in [3.63, 3.8) is 0 Å². The first-order valence-electron chi connectivity index (χ1n) is 14.5. The van der Waals surface area contributed by atoms with E-state index >= 15 is 0 Å². The van der Waals surface area contributed by atoms with E-state index in [1.807, 2.05) is 91.0 Å². The molecule has 43 heavy (non-hydrogen) atoms. The Balaban J connectivity index is 1.61. The molecule has 2 unspecified atom stereocenters. The third-order valence-corrected chi connectivity index (χ3v) is 7.92. The second kappa shape index (κ2) is 15.9. The maximum Gasteiger partial charge on any atom is 0.220 e. The predicted octanol–water partition coefficient (Wildman–Crippen LogP) is 4.24. The van der Waals surface area contributed by atoms with Gasteiger partial charge < -0.3 is 43.4 Å². The third kappa shape index (κ3) is 8.48. The largest absolute Gasteiger partial charge is 0.394 e. The SMILES string of the molecule is COC1(C)O[C@@H]([C@H](COCc2ccccc2)OCc2ccccc2)[C@H]([C@H](O)[C@@H](CO)OCc2ccccc2)OC1(C)OC. The number of aliphatic hydroxyl groups is 2. The highest BCUT2D eigenvalue weighted by Crippen LogP contribution is 2.42. The van der Waals surface area contributed by atoms with E-state index < -0.39 is 48.7 Å². The molecule has 4 rings (SSSR count). The number of benzene rings is 3. The Morgan fingerprint density at radius 3 is 1.58 bits per heavy atom. The Kier molecular flexibility index (Phi) is 12.2. The second-order valence-electron chi connectivity index (χ2n) is 10.8. The average molecular weight is 597 g/mol. The zero-order valence-electron chi connectivity index (χ0n) is 25.3. The molecule has 3 aromatic rings. The summed E-state index contributed by atoms with van der Waals surface area (Å²) in [5.74, 6) is -2.80. The molecule has 1 fully saturated rings. The van der Waals surface area contributed by atoms with Gasteiger partial charge in [-0.15, -0.1) is 0 Å². The van der Waals surface area contributed by atoms with Crippen molar-refractivity contribution in [2.75, 3.05) is 27.4 Å². The van der Waals surface area contributed by atoms with Gasteiger partial charge in [-0.2, -0.15) is 0 Å². The van der Waals surface area contributed by atoms with Crippen molar-refractivity contribution in [3.05, 3.63) is 108 Å². The molecular formula is C34H44O9.